The van der Waals surface area contributed by atoms with E-state index in [1.54, 1.807) is 24.3 Å². The number of fused-ring (bicyclic) bond motifs is 3. The van der Waals surface area contributed by atoms with Gasteiger partial charge in [0.05, 0.1) is 11.1 Å². The fourth-order valence-electron chi connectivity index (χ4n) is 4.13. The van der Waals surface area contributed by atoms with Gasteiger partial charge in [0.2, 0.25) is 5.78 Å². The van der Waals surface area contributed by atoms with Crippen molar-refractivity contribution in [2.24, 2.45) is 0 Å². The Morgan fingerprint density at radius 3 is 2.67 bits per heavy atom. The van der Waals surface area contributed by atoms with Gasteiger partial charge in [-0.15, -0.1) is 0 Å². The van der Waals surface area contributed by atoms with Gasteiger partial charge >= 0.3 is 0 Å². The minimum Gasteiger partial charge on any atom is -0.478 e. The molecule has 3 aromatic carbocycles. The monoisotopic (exact) mass is 483 g/mol. The molecule has 0 aromatic heterocycles. The highest BCUT2D eigenvalue weighted by Gasteiger charge is 2.35. The number of ketones is 1. The zero-order valence-corrected chi connectivity index (χ0v) is 19.3. The Bertz CT molecular complexity index is 1290. The maximum atomic E-state index is 13.2. The standard InChI is InChI=1S/C26H20Cl2FNO3/c1-15-10-22-20(13-30(14-32-22)9-8-17-4-5-18(27)12-21(17)28)26-24(15)25(31)23(33-26)11-16-2-6-19(29)7-3-16/h2-7,10-12H,8-9,13-14H2,1H3/b23-11+. The van der Waals surface area contributed by atoms with E-state index < -0.39 is 0 Å². The van der Waals surface area contributed by atoms with E-state index >= 15 is 0 Å². The number of allylic oxidation sites excluding steroid dienone is 1. The average Bonchev–Trinajstić information content (AvgIpc) is 3.12. The molecule has 0 N–H and O–H groups in total. The van der Waals surface area contributed by atoms with Gasteiger partial charge in [0.25, 0.3) is 0 Å². The minimum atomic E-state index is -0.332. The molecule has 33 heavy (non-hydrogen) atoms. The van der Waals surface area contributed by atoms with Crippen molar-refractivity contribution in [3.8, 4) is 11.5 Å². The topological polar surface area (TPSA) is 38.8 Å². The molecule has 5 rings (SSSR count). The van der Waals surface area contributed by atoms with Crippen molar-refractivity contribution in [1.82, 2.24) is 4.90 Å². The third kappa shape index (κ3) is 4.36. The van der Waals surface area contributed by atoms with E-state index in [1.807, 2.05) is 25.1 Å². The number of rotatable bonds is 4. The van der Waals surface area contributed by atoms with Crippen LogP contribution < -0.4 is 9.47 Å². The van der Waals surface area contributed by atoms with E-state index in [1.165, 1.54) is 12.1 Å². The molecule has 7 heteroatoms. The minimum absolute atomic E-state index is 0.181. The Balaban J connectivity index is 1.39. The molecule has 168 valence electrons. The Hall–Kier alpha value is -2.86. The molecule has 0 bridgehead atoms. The second-order valence-electron chi connectivity index (χ2n) is 8.18. The molecular formula is C26H20Cl2FNO3. The van der Waals surface area contributed by atoms with Crippen LogP contribution in [-0.2, 0) is 13.0 Å². The van der Waals surface area contributed by atoms with Crippen LogP contribution in [0.2, 0.25) is 10.0 Å². The average molecular weight is 484 g/mol. The van der Waals surface area contributed by atoms with Gasteiger partial charge in [0, 0.05) is 23.1 Å². The second kappa shape index (κ2) is 8.82. The predicted molar refractivity (Wildman–Crippen MR) is 127 cm³/mol. The smallest absolute Gasteiger partial charge is 0.232 e. The fraction of sp³-hybridized carbons (Fsp3) is 0.192. The third-order valence-electron chi connectivity index (χ3n) is 5.87. The molecule has 0 spiro atoms. The molecule has 0 atom stereocenters. The highest BCUT2D eigenvalue weighted by atomic mass is 35.5. The van der Waals surface area contributed by atoms with Crippen molar-refractivity contribution in [2.45, 2.75) is 19.9 Å². The molecule has 0 unspecified atom stereocenters. The van der Waals surface area contributed by atoms with Gasteiger partial charge in [-0.25, -0.2) is 4.39 Å². The summed E-state index contributed by atoms with van der Waals surface area (Å²) >= 11 is 12.3. The van der Waals surface area contributed by atoms with Gasteiger partial charge in [-0.05, 0) is 66.4 Å². The molecular weight excluding hydrogens is 464 g/mol. The van der Waals surface area contributed by atoms with Crippen molar-refractivity contribution in [3.05, 3.63) is 98.0 Å². The molecule has 0 aliphatic carbocycles. The highest BCUT2D eigenvalue weighted by Crippen LogP contribution is 2.44. The lowest BCUT2D eigenvalue weighted by molar-refractivity contribution is 0.0949. The molecule has 0 fully saturated rings. The largest absolute Gasteiger partial charge is 0.478 e. The molecule has 3 aromatic rings. The van der Waals surface area contributed by atoms with Crippen LogP contribution in [0.5, 0.6) is 11.5 Å². The van der Waals surface area contributed by atoms with Crippen molar-refractivity contribution in [2.75, 3.05) is 13.3 Å². The number of hydrogen-bond donors (Lipinski definition) is 0. The Morgan fingerprint density at radius 2 is 1.91 bits per heavy atom. The van der Waals surface area contributed by atoms with E-state index in [4.69, 9.17) is 32.7 Å². The first-order valence-corrected chi connectivity index (χ1v) is 11.3. The molecule has 4 nitrogen and oxygen atoms in total. The predicted octanol–water partition coefficient (Wildman–Crippen LogP) is 6.45. The summed E-state index contributed by atoms with van der Waals surface area (Å²) in [6.07, 6.45) is 2.37. The Labute approximate surface area is 201 Å². The summed E-state index contributed by atoms with van der Waals surface area (Å²) in [6.45, 7) is 3.61. The Morgan fingerprint density at radius 1 is 1.12 bits per heavy atom. The van der Waals surface area contributed by atoms with Gasteiger partial charge in [-0.2, -0.15) is 0 Å². The normalized spacial score (nSPS) is 16.4. The van der Waals surface area contributed by atoms with Crippen LogP contribution in [0.25, 0.3) is 6.08 Å². The lowest BCUT2D eigenvalue weighted by Crippen LogP contribution is -2.34. The number of Topliss-reactive ketones (excluding diaryl/α,β-unsaturated/α-hetero) is 1. The molecule has 0 saturated heterocycles. The lowest BCUT2D eigenvalue weighted by Gasteiger charge is -2.30. The maximum Gasteiger partial charge on any atom is 0.232 e. The van der Waals surface area contributed by atoms with Crippen molar-refractivity contribution >= 4 is 35.1 Å². The van der Waals surface area contributed by atoms with Crippen molar-refractivity contribution in [1.29, 1.82) is 0 Å². The molecule has 0 amide bonds. The molecule has 2 aliphatic rings. The number of carbonyl (C=O) groups excluding carboxylic acids is 1. The van der Waals surface area contributed by atoms with Gasteiger partial charge < -0.3 is 9.47 Å². The fourth-order valence-corrected chi connectivity index (χ4v) is 4.64. The third-order valence-corrected chi connectivity index (χ3v) is 6.45. The van der Waals surface area contributed by atoms with E-state index in [-0.39, 0.29) is 17.4 Å². The van der Waals surface area contributed by atoms with Crippen molar-refractivity contribution in [3.63, 3.8) is 0 Å². The number of hydrogen-bond acceptors (Lipinski definition) is 4. The van der Waals surface area contributed by atoms with Gasteiger partial charge in [-0.3, -0.25) is 9.69 Å². The van der Waals surface area contributed by atoms with Crippen LogP contribution in [0.1, 0.15) is 32.6 Å². The second-order valence-corrected chi connectivity index (χ2v) is 9.02. The number of halogens is 3. The van der Waals surface area contributed by atoms with Crippen LogP contribution in [0.15, 0.2) is 54.3 Å². The summed E-state index contributed by atoms with van der Waals surface area (Å²) in [5, 5.41) is 1.25. The molecule has 0 saturated carbocycles. The van der Waals surface area contributed by atoms with E-state index in [9.17, 15) is 9.18 Å². The quantitative estimate of drug-likeness (QED) is 0.399. The number of benzene rings is 3. The van der Waals surface area contributed by atoms with Crippen LogP contribution in [0.3, 0.4) is 0 Å². The number of aryl methyl sites for hydroxylation is 1. The Kier molecular flexibility index (Phi) is 5.87. The van der Waals surface area contributed by atoms with E-state index in [2.05, 4.69) is 4.90 Å². The van der Waals surface area contributed by atoms with E-state index in [0.29, 0.717) is 40.2 Å². The van der Waals surface area contributed by atoms with Crippen molar-refractivity contribution < 1.29 is 18.7 Å². The van der Waals surface area contributed by atoms with Gasteiger partial charge in [0.1, 0.15) is 24.0 Å². The first-order chi connectivity index (χ1) is 15.9. The van der Waals surface area contributed by atoms with Crippen LogP contribution >= 0.6 is 23.2 Å². The molecule has 2 aliphatic heterocycles. The number of ether oxygens (including phenoxy) is 2. The summed E-state index contributed by atoms with van der Waals surface area (Å²) in [7, 11) is 0. The van der Waals surface area contributed by atoms with Crippen LogP contribution in [-0.4, -0.2) is 24.0 Å². The summed E-state index contributed by atoms with van der Waals surface area (Å²) in [5.41, 5.74) is 3.90. The van der Waals surface area contributed by atoms with Gasteiger partial charge in [0.15, 0.2) is 5.76 Å². The molecule has 2 heterocycles. The SMILES string of the molecule is Cc1cc2c(c3c1C(=O)/C(=C\c1ccc(F)cc1)O3)CN(CCc1ccc(Cl)cc1Cl)CO2. The first kappa shape index (κ1) is 22.0. The lowest BCUT2D eigenvalue weighted by atomic mass is 9.98. The number of carbonyl (C=O) groups is 1. The zero-order chi connectivity index (χ0) is 23.1. The highest BCUT2D eigenvalue weighted by molar-refractivity contribution is 6.35. The van der Waals surface area contributed by atoms with Gasteiger partial charge in [-0.1, -0.05) is 41.4 Å². The zero-order valence-electron chi connectivity index (χ0n) is 17.8. The summed E-state index contributed by atoms with van der Waals surface area (Å²) in [6, 6.07) is 13.3. The van der Waals surface area contributed by atoms with E-state index in [0.717, 1.165) is 35.4 Å². The maximum absolute atomic E-state index is 13.2. The first-order valence-electron chi connectivity index (χ1n) is 10.5. The van der Waals surface area contributed by atoms with Crippen LogP contribution in [0.4, 0.5) is 4.39 Å². The summed E-state index contributed by atoms with van der Waals surface area (Å²) in [4.78, 5) is 15.2. The van der Waals surface area contributed by atoms with Crippen LogP contribution in [0, 0.1) is 12.7 Å². The number of nitrogens with zero attached hydrogens (tertiary/aromatic N) is 1. The summed E-state index contributed by atoms with van der Waals surface area (Å²) in [5.74, 6) is 0.972. The molecule has 0 radical (unpaired) electrons. The summed E-state index contributed by atoms with van der Waals surface area (Å²) < 4.78 is 25.3.